The molecule has 0 aliphatic heterocycles. The van der Waals surface area contributed by atoms with Gasteiger partial charge in [0.15, 0.2) is 0 Å². The van der Waals surface area contributed by atoms with E-state index in [1.54, 1.807) is 23.5 Å². The van der Waals surface area contributed by atoms with Gasteiger partial charge < -0.3 is 0 Å². The lowest BCUT2D eigenvalue weighted by Crippen LogP contribution is -2.02. The summed E-state index contributed by atoms with van der Waals surface area (Å²) in [5, 5.41) is 26.2. The number of thioether (sulfide) groups is 2. The maximum Gasteiger partial charge on any atom is 0.214 e. The van der Waals surface area contributed by atoms with Crippen LogP contribution in [0, 0.1) is 27.7 Å². The summed E-state index contributed by atoms with van der Waals surface area (Å²) in [5.41, 5.74) is 9.17. The van der Waals surface area contributed by atoms with Crippen molar-refractivity contribution in [2.24, 2.45) is 0 Å². The van der Waals surface area contributed by atoms with Gasteiger partial charge in [-0.25, -0.2) is 0 Å². The Labute approximate surface area is 218 Å². The van der Waals surface area contributed by atoms with E-state index in [9.17, 15) is 0 Å². The summed E-state index contributed by atoms with van der Waals surface area (Å²) >= 11 is 3.25. The van der Waals surface area contributed by atoms with Crippen molar-refractivity contribution in [3.05, 3.63) is 94.0 Å². The van der Waals surface area contributed by atoms with E-state index in [1.807, 2.05) is 9.36 Å². The predicted molar refractivity (Wildman–Crippen MR) is 143 cm³/mol. The molecule has 0 spiro atoms. The van der Waals surface area contributed by atoms with Crippen molar-refractivity contribution in [1.29, 1.82) is 0 Å². The highest BCUT2D eigenvalue weighted by atomic mass is 32.2. The van der Waals surface area contributed by atoms with Crippen LogP contribution >= 0.6 is 23.5 Å². The number of tetrazole rings is 2. The van der Waals surface area contributed by atoms with Gasteiger partial charge in [0, 0.05) is 11.5 Å². The fourth-order valence-electron chi connectivity index (χ4n) is 3.95. The molecule has 0 bridgehead atoms. The average Bonchev–Trinajstić information content (AvgIpc) is 3.52. The van der Waals surface area contributed by atoms with Gasteiger partial charge in [0.05, 0.1) is 11.4 Å². The summed E-state index contributed by atoms with van der Waals surface area (Å²) in [6.07, 6.45) is 0. The van der Waals surface area contributed by atoms with E-state index in [0.717, 1.165) is 44.3 Å². The Kier molecular flexibility index (Phi) is 7.15. The van der Waals surface area contributed by atoms with Gasteiger partial charge in [0.2, 0.25) is 10.3 Å². The number of hydrogen-bond acceptors (Lipinski definition) is 8. The minimum atomic E-state index is 0.778. The quantitative estimate of drug-likeness (QED) is 0.252. The highest BCUT2D eigenvalue weighted by Crippen LogP contribution is 2.27. The van der Waals surface area contributed by atoms with Crippen molar-refractivity contribution >= 4 is 23.5 Å². The van der Waals surface area contributed by atoms with Crippen LogP contribution in [0.25, 0.3) is 11.4 Å². The zero-order valence-corrected chi connectivity index (χ0v) is 22.2. The van der Waals surface area contributed by atoms with Gasteiger partial charge in [-0.05, 0) is 82.9 Å². The first-order chi connectivity index (χ1) is 17.5. The first kappa shape index (κ1) is 24.2. The summed E-state index contributed by atoms with van der Waals surface area (Å²) < 4.78 is 3.62. The first-order valence-corrected chi connectivity index (χ1v) is 13.5. The molecule has 0 saturated heterocycles. The molecule has 0 unspecified atom stereocenters. The molecule has 0 aliphatic rings. The van der Waals surface area contributed by atoms with Crippen LogP contribution in [0.2, 0.25) is 0 Å². The third kappa shape index (κ3) is 5.34. The number of hydrogen-bond donors (Lipinski definition) is 0. The van der Waals surface area contributed by atoms with Gasteiger partial charge in [0.25, 0.3) is 0 Å². The minimum Gasteiger partial charge on any atom is -0.187 e. The van der Waals surface area contributed by atoms with Crippen molar-refractivity contribution in [2.75, 3.05) is 0 Å². The van der Waals surface area contributed by atoms with E-state index in [2.05, 4.69) is 119 Å². The molecule has 0 N–H and O–H groups in total. The smallest absolute Gasteiger partial charge is 0.187 e. The number of nitrogens with zero attached hydrogens (tertiary/aromatic N) is 8. The van der Waals surface area contributed by atoms with Crippen molar-refractivity contribution in [1.82, 2.24) is 40.4 Å². The highest BCUT2D eigenvalue weighted by molar-refractivity contribution is 7.98. The zero-order valence-electron chi connectivity index (χ0n) is 20.6. The summed E-state index contributed by atoms with van der Waals surface area (Å²) in [4.78, 5) is 0. The molecule has 0 atom stereocenters. The van der Waals surface area contributed by atoms with E-state index < -0.39 is 0 Å². The van der Waals surface area contributed by atoms with E-state index in [0.29, 0.717) is 0 Å². The van der Waals surface area contributed by atoms with Gasteiger partial charge in [-0.3, -0.25) is 0 Å². The van der Waals surface area contributed by atoms with Gasteiger partial charge in [-0.2, -0.15) is 9.36 Å². The maximum absolute atomic E-state index is 4.23. The Balaban J connectivity index is 1.21. The molecular weight excluding hydrogens is 488 g/mol. The molecule has 10 heteroatoms. The Morgan fingerprint density at radius 1 is 0.583 bits per heavy atom. The second kappa shape index (κ2) is 10.6. The standard InChI is InChI=1S/C26H26N8S2/c1-17-5-11-23(19(3)13-17)33-25(27-29-31-33)35-15-21-7-9-22(10-8-21)16-36-26-28-30-32-34(26)24-12-6-18(2)14-20(24)4/h5-14H,15-16H2,1-4H3. The fourth-order valence-corrected chi connectivity index (χ4v) is 5.63. The zero-order chi connectivity index (χ0) is 25.1. The average molecular weight is 515 g/mol. The first-order valence-electron chi connectivity index (χ1n) is 11.5. The van der Waals surface area contributed by atoms with Crippen molar-refractivity contribution in [3.8, 4) is 11.4 Å². The Morgan fingerprint density at radius 2 is 1.00 bits per heavy atom. The second-order valence-corrected chi connectivity index (χ2v) is 10.6. The molecule has 0 radical (unpaired) electrons. The summed E-state index contributed by atoms with van der Waals surface area (Å²) in [7, 11) is 0. The molecule has 0 fully saturated rings. The van der Waals surface area contributed by atoms with Crippen LogP contribution in [0.15, 0.2) is 71.0 Å². The van der Waals surface area contributed by atoms with Crippen molar-refractivity contribution in [2.45, 2.75) is 49.5 Å². The Bertz CT molecular complexity index is 1380. The SMILES string of the molecule is Cc1ccc(-n2nnnc2SCc2ccc(CSc3nnnn3-c3ccc(C)cc3C)cc2)c(C)c1. The second-order valence-electron chi connectivity index (χ2n) is 8.72. The third-order valence-electron chi connectivity index (χ3n) is 5.80. The lowest BCUT2D eigenvalue weighted by Gasteiger charge is -2.09. The van der Waals surface area contributed by atoms with Gasteiger partial charge in [-0.15, -0.1) is 10.2 Å². The molecule has 0 saturated carbocycles. The number of aromatic nitrogens is 8. The topological polar surface area (TPSA) is 87.2 Å². The molecular formula is C26H26N8S2. The van der Waals surface area contributed by atoms with Gasteiger partial charge >= 0.3 is 0 Å². The Morgan fingerprint density at radius 3 is 1.39 bits per heavy atom. The van der Waals surface area contributed by atoms with Crippen LogP contribution in [0.3, 0.4) is 0 Å². The van der Waals surface area contributed by atoms with E-state index >= 15 is 0 Å². The minimum absolute atomic E-state index is 0.778. The van der Waals surface area contributed by atoms with Crippen LogP contribution in [-0.2, 0) is 11.5 Å². The molecule has 36 heavy (non-hydrogen) atoms. The van der Waals surface area contributed by atoms with Crippen molar-refractivity contribution < 1.29 is 0 Å². The Hall–Kier alpha value is -3.50. The van der Waals surface area contributed by atoms with Gasteiger partial charge in [-0.1, -0.05) is 83.2 Å². The molecule has 5 rings (SSSR count). The molecule has 182 valence electrons. The molecule has 2 aromatic heterocycles. The molecule has 5 aromatic rings. The number of rotatable bonds is 8. The lowest BCUT2D eigenvalue weighted by molar-refractivity contribution is 0.751. The van der Waals surface area contributed by atoms with Crippen molar-refractivity contribution in [3.63, 3.8) is 0 Å². The molecule has 0 amide bonds. The largest absolute Gasteiger partial charge is 0.214 e. The summed E-state index contributed by atoms with van der Waals surface area (Å²) in [5.74, 6) is 1.56. The number of aryl methyl sites for hydroxylation is 4. The maximum atomic E-state index is 4.23. The van der Waals surface area contributed by atoms with Crippen LogP contribution in [0.5, 0.6) is 0 Å². The van der Waals surface area contributed by atoms with E-state index in [-0.39, 0.29) is 0 Å². The molecule has 8 nitrogen and oxygen atoms in total. The lowest BCUT2D eigenvalue weighted by atomic mass is 10.1. The molecule has 2 heterocycles. The van der Waals surface area contributed by atoms with Crippen LogP contribution < -0.4 is 0 Å². The van der Waals surface area contributed by atoms with E-state index in [4.69, 9.17) is 0 Å². The molecule has 3 aromatic carbocycles. The predicted octanol–water partition coefficient (Wildman–Crippen LogP) is 5.46. The monoisotopic (exact) mass is 514 g/mol. The van der Waals surface area contributed by atoms with Crippen LogP contribution in [-0.4, -0.2) is 40.4 Å². The normalized spacial score (nSPS) is 11.2. The van der Waals surface area contributed by atoms with Gasteiger partial charge in [0.1, 0.15) is 0 Å². The number of benzene rings is 3. The summed E-state index contributed by atoms with van der Waals surface area (Å²) in [6.45, 7) is 8.33. The van der Waals surface area contributed by atoms with Crippen LogP contribution in [0.1, 0.15) is 33.4 Å². The molecule has 0 aliphatic carbocycles. The van der Waals surface area contributed by atoms with Crippen LogP contribution in [0.4, 0.5) is 0 Å². The fraction of sp³-hybridized carbons (Fsp3) is 0.231. The van der Waals surface area contributed by atoms with E-state index in [1.165, 1.54) is 22.3 Å². The highest BCUT2D eigenvalue weighted by Gasteiger charge is 2.13. The third-order valence-corrected chi connectivity index (χ3v) is 7.78. The summed E-state index contributed by atoms with van der Waals surface area (Å²) in [6, 6.07) is 21.2.